The molecule has 0 aliphatic heterocycles. The van der Waals surface area contributed by atoms with Crippen molar-refractivity contribution < 1.29 is 23.4 Å². The highest BCUT2D eigenvalue weighted by Gasteiger charge is 2.11. The van der Waals surface area contributed by atoms with Gasteiger partial charge >= 0.3 is 6.09 Å². The van der Waals surface area contributed by atoms with Gasteiger partial charge in [0.2, 0.25) is 0 Å². The minimum Gasteiger partial charge on any atom is -0.468 e. The van der Waals surface area contributed by atoms with Crippen LogP contribution >= 0.6 is 0 Å². The van der Waals surface area contributed by atoms with E-state index < -0.39 is 11.9 Å². The van der Waals surface area contributed by atoms with Crippen LogP contribution in [0.4, 0.5) is 9.18 Å². The van der Waals surface area contributed by atoms with Crippen molar-refractivity contribution in [1.82, 2.24) is 4.90 Å². The maximum absolute atomic E-state index is 13.9. The third-order valence-electron chi connectivity index (χ3n) is 3.77. The van der Waals surface area contributed by atoms with Gasteiger partial charge in [0.05, 0.1) is 12.2 Å². The summed E-state index contributed by atoms with van der Waals surface area (Å²) in [5.41, 5.74) is 1.18. The Morgan fingerprint density at radius 1 is 1.13 bits per heavy atom. The van der Waals surface area contributed by atoms with Gasteiger partial charge in [0.25, 0.3) is 0 Å². The maximum atomic E-state index is 13.9. The van der Waals surface area contributed by atoms with Gasteiger partial charge in [-0.05, 0) is 35.6 Å². The average Bonchev–Trinajstić information content (AvgIpc) is 2.78. The van der Waals surface area contributed by atoms with Gasteiger partial charge in [0, 0.05) is 19.5 Å². The van der Waals surface area contributed by atoms with Crippen molar-refractivity contribution >= 4 is 16.9 Å². The third kappa shape index (κ3) is 7.92. The Labute approximate surface area is 180 Å². The Hall–Kier alpha value is -2.78. The molecule has 0 atom stereocenters. The average molecular weight is 420 g/mol. The first kappa shape index (κ1) is 27.2. The van der Waals surface area contributed by atoms with Crippen LogP contribution in [0, 0.1) is 18.2 Å². The van der Waals surface area contributed by atoms with Crippen LogP contribution in [0.25, 0.3) is 10.8 Å². The van der Waals surface area contributed by atoms with Gasteiger partial charge in [0.1, 0.15) is 18.2 Å². The molecule has 0 bridgehead atoms. The molecule has 30 heavy (non-hydrogen) atoms. The molecule has 0 radical (unpaired) electrons. The summed E-state index contributed by atoms with van der Waals surface area (Å²) in [6, 6.07) is 6.66. The number of benzene rings is 2. The molecule has 2 rings (SSSR count). The molecule has 0 saturated heterocycles. The number of halogens is 1. The quantitative estimate of drug-likeness (QED) is 0.332. The molecule has 2 aromatic rings. The van der Waals surface area contributed by atoms with Gasteiger partial charge in [-0.2, -0.15) is 0 Å². The number of hydrogen-bond donors (Lipinski definition) is 0. The number of rotatable bonds is 7. The van der Waals surface area contributed by atoms with E-state index in [-0.39, 0.29) is 25.6 Å². The van der Waals surface area contributed by atoms with E-state index in [4.69, 9.17) is 20.6 Å². The second-order valence-electron chi connectivity index (χ2n) is 5.78. The topological polar surface area (TPSA) is 48.0 Å². The molecule has 0 spiro atoms. The number of ether oxygens (including phenoxy) is 3. The Morgan fingerprint density at radius 2 is 1.80 bits per heavy atom. The number of nitrogens with zero attached hydrogens (tertiary/aromatic N) is 1. The van der Waals surface area contributed by atoms with Crippen molar-refractivity contribution in [1.29, 1.82) is 0 Å². The van der Waals surface area contributed by atoms with E-state index in [1.807, 2.05) is 40.7 Å². The van der Waals surface area contributed by atoms with Crippen molar-refractivity contribution in [2.24, 2.45) is 0 Å². The summed E-state index contributed by atoms with van der Waals surface area (Å²) in [5.74, 6) is 2.63. The highest BCUT2D eigenvalue weighted by atomic mass is 19.1. The molecule has 6 heteroatoms. The van der Waals surface area contributed by atoms with Crippen molar-refractivity contribution in [2.45, 2.75) is 41.0 Å². The van der Waals surface area contributed by atoms with Crippen LogP contribution in [0.1, 0.15) is 45.7 Å². The van der Waals surface area contributed by atoms with E-state index in [1.54, 1.807) is 26.2 Å². The van der Waals surface area contributed by atoms with Crippen molar-refractivity contribution in [3.63, 3.8) is 0 Å². The minimum absolute atomic E-state index is 0.0113. The Morgan fingerprint density at radius 3 is 2.37 bits per heavy atom. The van der Waals surface area contributed by atoms with Gasteiger partial charge < -0.3 is 19.1 Å². The first-order valence-electron chi connectivity index (χ1n) is 10.2. The lowest BCUT2D eigenvalue weighted by molar-refractivity contribution is -0.00736. The molecule has 5 nitrogen and oxygen atoms in total. The standard InChI is InChI=1S/C20H22FNO4.2C2H6/c1-5-14-11-16(26-13-24-9-10-25-20(23)22(3)4)12-15-7-8-18(21)17(6-2)19(14)15;2*1-2/h2,7-8,11-12H,5,9-10,13H2,1,3-4H3;2*1-2H3. The molecular formula is C24H34FNO4. The van der Waals surface area contributed by atoms with Crippen LogP contribution in [0.2, 0.25) is 0 Å². The second-order valence-corrected chi connectivity index (χ2v) is 5.78. The summed E-state index contributed by atoms with van der Waals surface area (Å²) >= 11 is 0. The minimum atomic E-state index is -0.423. The van der Waals surface area contributed by atoms with Gasteiger partial charge in [-0.25, -0.2) is 9.18 Å². The fourth-order valence-corrected chi connectivity index (χ4v) is 2.49. The molecule has 0 saturated carbocycles. The maximum Gasteiger partial charge on any atom is 0.409 e. The Bertz CT molecular complexity index is 828. The predicted molar refractivity (Wildman–Crippen MR) is 120 cm³/mol. The lowest BCUT2D eigenvalue weighted by Crippen LogP contribution is -2.24. The van der Waals surface area contributed by atoms with E-state index >= 15 is 0 Å². The highest BCUT2D eigenvalue weighted by molar-refractivity contribution is 5.92. The van der Waals surface area contributed by atoms with Gasteiger partial charge in [-0.3, -0.25) is 0 Å². The first-order chi connectivity index (χ1) is 14.5. The van der Waals surface area contributed by atoms with E-state index in [1.165, 1.54) is 11.0 Å². The van der Waals surface area contributed by atoms with E-state index in [0.29, 0.717) is 12.2 Å². The fraction of sp³-hybridized carbons (Fsp3) is 0.458. The molecule has 0 heterocycles. The molecule has 166 valence electrons. The number of aryl methyl sites for hydroxylation is 1. The zero-order valence-corrected chi connectivity index (χ0v) is 19.2. The van der Waals surface area contributed by atoms with Crippen LogP contribution in [0.3, 0.4) is 0 Å². The zero-order chi connectivity index (χ0) is 23.1. The lowest BCUT2D eigenvalue weighted by Gasteiger charge is -2.13. The third-order valence-corrected chi connectivity index (χ3v) is 3.77. The molecule has 0 unspecified atom stereocenters. The molecule has 1 amide bonds. The Kier molecular flexibility index (Phi) is 13.7. The summed E-state index contributed by atoms with van der Waals surface area (Å²) in [7, 11) is 3.21. The molecule has 2 aromatic carbocycles. The van der Waals surface area contributed by atoms with Crippen LogP contribution in [0.5, 0.6) is 5.75 Å². The number of fused-ring (bicyclic) bond motifs is 1. The Balaban J connectivity index is 0.00000198. The number of carbonyl (C=O) groups excluding carboxylic acids is 1. The van der Waals surface area contributed by atoms with Crippen LogP contribution in [-0.2, 0) is 15.9 Å². The SMILES string of the molecule is C#Cc1c(F)ccc2cc(OCOCCOC(=O)N(C)C)cc(CC)c12.CC.CC. The number of amides is 1. The fourth-order valence-electron chi connectivity index (χ4n) is 2.49. The van der Waals surface area contributed by atoms with Crippen molar-refractivity contribution in [3.05, 3.63) is 41.2 Å². The number of terminal acetylenes is 1. The molecular weight excluding hydrogens is 385 g/mol. The molecule has 0 aliphatic rings. The lowest BCUT2D eigenvalue weighted by atomic mass is 9.97. The van der Waals surface area contributed by atoms with E-state index in [2.05, 4.69) is 5.92 Å². The van der Waals surface area contributed by atoms with Crippen LogP contribution in [-0.4, -0.2) is 45.1 Å². The molecule has 0 aliphatic carbocycles. The normalized spacial score (nSPS) is 9.43. The van der Waals surface area contributed by atoms with Crippen molar-refractivity contribution in [2.75, 3.05) is 34.1 Å². The molecule has 0 N–H and O–H groups in total. The van der Waals surface area contributed by atoms with Gasteiger partial charge in [0.15, 0.2) is 6.79 Å². The first-order valence-corrected chi connectivity index (χ1v) is 10.2. The van der Waals surface area contributed by atoms with Crippen LogP contribution < -0.4 is 4.74 Å². The van der Waals surface area contributed by atoms with Crippen molar-refractivity contribution in [3.8, 4) is 18.1 Å². The summed E-state index contributed by atoms with van der Waals surface area (Å²) in [6.07, 6.45) is 5.73. The van der Waals surface area contributed by atoms with Crippen LogP contribution in [0.15, 0.2) is 24.3 Å². The number of carbonyl (C=O) groups is 1. The molecule has 0 aromatic heterocycles. The second kappa shape index (κ2) is 15.1. The van der Waals surface area contributed by atoms with Gasteiger partial charge in [-0.1, -0.05) is 46.6 Å². The highest BCUT2D eigenvalue weighted by Crippen LogP contribution is 2.30. The summed E-state index contributed by atoms with van der Waals surface area (Å²) in [5, 5.41) is 1.55. The zero-order valence-electron chi connectivity index (χ0n) is 19.2. The molecule has 0 fully saturated rings. The summed E-state index contributed by atoms with van der Waals surface area (Å²) in [4.78, 5) is 12.6. The number of hydrogen-bond acceptors (Lipinski definition) is 4. The smallest absolute Gasteiger partial charge is 0.409 e. The van der Waals surface area contributed by atoms with E-state index in [0.717, 1.165) is 16.3 Å². The summed E-state index contributed by atoms with van der Waals surface area (Å²) in [6.45, 7) is 10.3. The monoisotopic (exact) mass is 419 g/mol. The predicted octanol–water partition coefficient (Wildman–Crippen LogP) is 5.63. The largest absolute Gasteiger partial charge is 0.468 e. The summed E-state index contributed by atoms with van der Waals surface area (Å²) < 4.78 is 29.8. The van der Waals surface area contributed by atoms with E-state index in [9.17, 15) is 9.18 Å². The van der Waals surface area contributed by atoms with Gasteiger partial charge in [-0.15, -0.1) is 6.42 Å².